The lowest BCUT2D eigenvalue weighted by Gasteiger charge is -2.18. The number of amides is 1. The van der Waals surface area contributed by atoms with Gasteiger partial charge in [-0.3, -0.25) is 4.79 Å². The van der Waals surface area contributed by atoms with Crippen LogP contribution in [-0.4, -0.2) is 67.7 Å². The lowest BCUT2D eigenvalue weighted by molar-refractivity contribution is -0.145. The van der Waals surface area contributed by atoms with E-state index in [1.807, 2.05) is 12.1 Å². The van der Waals surface area contributed by atoms with E-state index in [0.717, 1.165) is 21.9 Å². The molecule has 0 fully saturated rings. The molecule has 0 aliphatic rings. The summed E-state index contributed by atoms with van der Waals surface area (Å²) in [5.74, 6) is 4.98. The van der Waals surface area contributed by atoms with Crippen LogP contribution in [0.2, 0.25) is 0 Å². The molecular weight excluding hydrogens is 432 g/mol. The third-order valence-electron chi connectivity index (χ3n) is 4.32. The first-order chi connectivity index (χ1) is 15.4. The van der Waals surface area contributed by atoms with Gasteiger partial charge in [-0.2, -0.15) is 0 Å². The molecule has 8 nitrogen and oxygen atoms in total. The van der Waals surface area contributed by atoms with Crippen LogP contribution < -0.4 is 10.6 Å². The number of nitrogens with one attached hydrogen (secondary N) is 2. The van der Waals surface area contributed by atoms with E-state index in [0.29, 0.717) is 25.3 Å². The smallest absolute Gasteiger partial charge is 0.331 e. The van der Waals surface area contributed by atoms with Crippen LogP contribution in [0.4, 0.5) is 0 Å². The summed E-state index contributed by atoms with van der Waals surface area (Å²) in [6, 6.07) is 9.50. The van der Waals surface area contributed by atoms with Crippen LogP contribution in [-0.2, 0) is 20.8 Å². The van der Waals surface area contributed by atoms with Crippen molar-refractivity contribution in [2.45, 2.75) is 25.6 Å². The summed E-state index contributed by atoms with van der Waals surface area (Å²) < 4.78 is 9.79. The maximum atomic E-state index is 12.3. The van der Waals surface area contributed by atoms with Gasteiger partial charge in [0.2, 0.25) is 0 Å². The predicted octanol–water partition coefficient (Wildman–Crippen LogP) is 0.899. The molecule has 1 aromatic heterocycles. The molecule has 0 aliphatic heterocycles. The van der Waals surface area contributed by atoms with Gasteiger partial charge in [0, 0.05) is 29.1 Å². The predicted molar refractivity (Wildman–Crippen MR) is 121 cm³/mol. The normalized spacial score (nSPS) is 12.4. The number of carbonyl (C=O) groups excluding carboxylic acids is 2. The molecule has 0 bridgehead atoms. The minimum atomic E-state index is -1.14. The van der Waals surface area contributed by atoms with Gasteiger partial charge in [-0.1, -0.05) is 11.8 Å². The highest BCUT2D eigenvalue weighted by Crippen LogP contribution is 2.15. The van der Waals surface area contributed by atoms with Gasteiger partial charge in [-0.05, 0) is 43.3 Å². The summed E-state index contributed by atoms with van der Waals surface area (Å²) in [4.78, 5) is 26.1. The molecule has 4 N–H and O–H groups in total. The zero-order valence-corrected chi connectivity index (χ0v) is 18.9. The fourth-order valence-electron chi connectivity index (χ4n) is 2.63. The average Bonchev–Trinajstić information content (AvgIpc) is 3.25. The summed E-state index contributed by atoms with van der Waals surface area (Å²) in [5.41, 5.74) is 1.09. The average molecular weight is 461 g/mol. The first kappa shape index (κ1) is 25.5. The number of aliphatic hydroxyl groups excluding tert-OH is 2. The summed E-state index contributed by atoms with van der Waals surface area (Å²) >= 11 is 1.59. The standard InChI is InChI=1S/C23H28N2O6S/c1-16(27)21(23(29)30-2)25-22(28)18-6-3-17(4-7-18)5-8-19-9-10-20(32-19)15-24-11-13-31-14-12-26/h3-4,6-7,9-10,16,21,24,26-27H,11-15H2,1-2H3,(H,25,28)/t16-,21+/m1/s1. The molecule has 1 heterocycles. The molecule has 0 aliphatic carbocycles. The van der Waals surface area contributed by atoms with E-state index in [1.54, 1.807) is 35.6 Å². The van der Waals surface area contributed by atoms with E-state index >= 15 is 0 Å². The Balaban J connectivity index is 1.89. The molecule has 1 aromatic carbocycles. The highest BCUT2D eigenvalue weighted by Gasteiger charge is 2.26. The largest absolute Gasteiger partial charge is 0.467 e. The van der Waals surface area contributed by atoms with Gasteiger partial charge in [0.1, 0.15) is 0 Å². The van der Waals surface area contributed by atoms with Gasteiger partial charge in [-0.15, -0.1) is 11.3 Å². The van der Waals surface area contributed by atoms with Crippen molar-refractivity contribution in [1.82, 2.24) is 10.6 Å². The SMILES string of the molecule is COC(=O)[C@@H](NC(=O)c1ccc(C#Cc2ccc(CNCCOCCO)s2)cc1)[C@@H](C)O. The Morgan fingerprint density at radius 1 is 1.12 bits per heavy atom. The van der Waals surface area contributed by atoms with Gasteiger partial charge in [0.25, 0.3) is 5.91 Å². The first-order valence-corrected chi connectivity index (χ1v) is 10.9. The zero-order valence-electron chi connectivity index (χ0n) is 18.1. The molecular formula is C23H28N2O6S. The zero-order chi connectivity index (χ0) is 23.3. The van der Waals surface area contributed by atoms with Crippen LogP contribution in [0.5, 0.6) is 0 Å². The molecule has 2 atom stereocenters. The fraction of sp³-hybridized carbons (Fsp3) is 0.391. The number of methoxy groups -OCH3 is 1. The van der Waals surface area contributed by atoms with E-state index in [2.05, 4.69) is 27.2 Å². The third kappa shape index (κ3) is 8.42. The summed E-state index contributed by atoms with van der Waals surface area (Å²) in [6.07, 6.45) is -1.08. The molecule has 0 saturated heterocycles. The lowest BCUT2D eigenvalue weighted by Crippen LogP contribution is -2.48. The fourth-order valence-corrected chi connectivity index (χ4v) is 3.46. The number of thiophene rings is 1. The second kappa shape index (κ2) is 13.6. The maximum absolute atomic E-state index is 12.3. The van der Waals surface area contributed by atoms with Crippen LogP contribution in [0, 0.1) is 11.8 Å². The van der Waals surface area contributed by atoms with Crippen molar-refractivity contribution in [1.29, 1.82) is 0 Å². The minimum absolute atomic E-state index is 0.0295. The van der Waals surface area contributed by atoms with Gasteiger partial charge in [0.15, 0.2) is 6.04 Å². The summed E-state index contributed by atoms with van der Waals surface area (Å²) in [5, 5.41) is 24.1. The van der Waals surface area contributed by atoms with E-state index in [9.17, 15) is 14.7 Å². The highest BCUT2D eigenvalue weighted by atomic mass is 32.1. The minimum Gasteiger partial charge on any atom is -0.467 e. The second-order valence-corrected chi connectivity index (χ2v) is 7.99. The number of carbonyl (C=O) groups is 2. The van der Waals surface area contributed by atoms with Gasteiger partial charge < -0.3 is 30.3 Å². The van der Waals surface area contributed by atoms with Crippen molar-refractivity contribution in [3.8, 4) is 11.8 Å². The maximum Gasteiger partial charge on any atom is 0.331 e. The number of hydrogen-bond acceptors (Lipinski definition) is 8. The molecule has 0 saturated carbocycles. The number of esters is 1. The topological polar surface area (TPSA) is 117 Å². The monoisotopic (exact) mass is 460 g/mol. The van der Waals surface area contributed by atoms with Crippen molar-refractivity contribution in [3.05, 3.63) is 57.3 Å². The molecule has 172 valence electrons. The van der Waals surface area contributed by atoms with Crippen LogP contribution in [0.3, 0.4) is 0 Å². The number of rotatable bonds is 11. The quantitative estimate of drug-likeness (QED) is 0.224. The Kier molecular flexibility index (Phi) is 10.9. The number of ether oxygens (including phenoxy) is 2. The number of benzene rings is 1. The van der Waals surface area contributed by atoms with Gasteiger partial charge in [0.05, 0.1) is 37.9 Å². The summed E-state index contributed by atoms with van der Waals surface area (Å²) in [6.45, 7) is 3.76. The molecule has 9 heteroatoms. The van der Waals surface area contributed by atoms with Crippen molar-refractivity contribution in [3.63, 3.8) is 0 Å². The Bertz CT molecular complexity index is 930. The van der Waals surface area contributed by atoms with Crippen molar-refractivity contribution in [2.24, 2.45) is 0 Å². The first-order valence-electron chi connectivity index (χ1n) is 10.1. The molecule has 2 aromatic rings. The van der Waals surface area contributed by atoms with Gasteiger partial charge >= 0.3 is 5.97 Å². The van der Waals surface area contributed by atoms with Crippen molar-refractivity contribution < 1.29 is 29.3 Å². The summed E-state index contributed by atoms with van der Waals surface area (Å²) in [7, 11) is 1.19. The van der Waals surface area contributed by atoms with Crippen LogP contribution in [0.25, 0.3) is 0 Å². The molecule has 32 heavy (non-hydrogen) atoms. The van der Waals surface area contributed by atoms with E-state index in [1.165, 1.54) is 14.0 Å². The Labute approximate surface area is 191 Å². The van der Waals surface area contributed by atoms with Crippen LogP contribution >= 0.6 is 11.3 Å². The Morgan fingerprint density at radius 2 is 1.88 bits per heavy atom. The van der Waals surface area contributed by atoms with Crippen LogP contribution in [0.1, 0.15) is 32.6 Å². The molecule has 1 amide bonds. The van der Waals surface area contributed by atoms with Crippen molar-refractivity contribution in [2.75, 3.05) is 33.5 Å². The van der Waals surface area contributed by atoms with Crippen LogP contribution in [0.15, 0.2) is 36.4 Å². The molecule has 0 spiro atoms. The number of aliphatic hydroxyl groups is 2. The third-order valence-corrected chi connectivity index (χ3v) is 5.32. The second-order valence-electron chi connectivity index (χ2n) is 6.82. The Morgan fingerprint density at radius 3 is 2.53 bits per heavy atom. The van der Waals surface area contributed by atoms with E-state index in [-0.39, 0.29) is 6.61 Å². The van der Waals surface area contributed by atoms with Crippen molar-refractivity contribution >= 4 is 23.2 Å². The lowest BCUT2D eigenvalue weighted by atomic mass is 10.1. The Hall–Kier alpha value is -2.74. The highest BCUT2D eigenvalue weighted by molar-refractivity contribution is 7.12. The molecule has 2 rings (SSSR count). The van der Waals surface area contributed by atoms with E-state index < -0.39 is 24.0 Å². The van der Waals surface area contributed by atoms with E-state index in [4.69, 9.17) is 9.84 Å². The molecule has 0 unspecified atom stereocenters. The van der Waals surface area contributed by atoms with Gasteiger partial charge in [-0.25, -0.2) is 4.79 Å². The molecule has 0 radical (unpaired) electrons. The number of hydrogen-bond donors (Lipinski definition) is 4.